The van der Waals surface area contributed by atoms with Crippen LogP contribution in [-0.4, -0.2) is 34.3 Å². The van der Waals surface area contributed by atoms with Crippen LogP contribution in [0.4, 0.5) is 5.69 Å². The minimum atomic E-state index is -1.60. The zero-order valence-electron chi connectivity index (χ0n) is 15.2. The smallest absolute Gasteiger partial charge is 0.372 e. The summed E-state index contributed by atoms with van der Waals surface area (Å²) in [5.41, 5.74) is 2.57. The molecule has 3 rings (SSSR count). The Bertz CT molecular complexity index is 1000. The molecule has 0 saturated heterocycles. The summed E-state index contributed by atoms with van der Waals surface area (Å²) < 4.78 is 0. The lowest BCUT2D eigenvalue weighted by Gasteiger charge is -2.23. The van der Waals surface area contributed by atoms with Gasteiger partial charge in [0.2, 0.25) is 11.7 Å². The Morgan fingerprint density at radius 1 is 0.964 bits per heavy atom. The Morgan fingerprint density at radius 3 is 2.50 bits per heavy atom. The maximum absolute atomic E-state index is 12.7. The van der Waals surface area contributed by atoms with Crippen LogP contribution in [0.15, 0.2) is 66.9 Å². The van der Waals surface area contributed by atoms with Gasteiger partial charge in [0.1, 0.15) is 0 Å². The van der Waals surface area contributed by atoms with Crippen molar-refractivity contribution in [3.63, 3.8) is 0 Å². The van der Waals surface area contributed by atoms with Gasteiger partial charge in [0, 0.05) is 23.8 Å². The SMILES string of the molecule is O=C(O)C(=O)CC(=O)N(CCCc1ccccc1)c1ccc2ncccc2c1. The summed E-state index contributed by atoms with van der Waals surface area (Å²) in [7, 11) is 0. The highest BCUT2D eigenvalue weighted by molar-refractivity contribution is 6.36. The van der Waals surface area contributed by atoms with Crippen LogP contribution in [0.5, 0.6) is 0 Å². The molecular weight excluding hydrogens is 356 g/mol. The van der Waals surface area contributed by atoms with Crippen molar-refractivity contribution < 1.29 is 19.5 Å². The summed E-state index contributed by atoms with van der Waals surface area (Å²) in [5, 5.41) is 9.69. The van der Waals surface area contributed by atoms with E-state index in [0.717, 1.165) is 22.9 Å². The summed E-state index contributed by atoms with van der Waals surface area (Å²) in [6.45, 7) is 0.381. The molecule has 6 nitrogen and oxygen atoms in total. The Hall–Kier alpha value is -3.54. The van der Waals surface area contributed by atoms with Crippen molar-refractivity contribution in [2.24, 2.45) is 0 Å². The van der Waals surface area contributed by atoms with Crippen molar-refractivity contribution in [1.29, 1.82) is 0 Å². The fourth-order valence-corrected chi connectivity index (χ4v) is 3.02. The highest BCUT2D eigenvalue weighted by Crippen LogP contribution is 2.22. The van der Waals surface area contributed by atoms with E-state index in [1.807, 2.05) is 48.5 Å². The van der Waals surface area contributed by atoms with Crippen LogP contribution in [0, 0.1) is 0 Å². The first kappa shape index (κ1) is 19.2. The number of benzene rings is 2. The number of hydrogen-bond acceptors (Lipinski definition) is 4. The fraction of sp³-hybridized carbons (Fsp3) is 0.182. The highest BCUT2D eigenvalue weighted by atomic mass is 16.4. The minimum absolute atomic E-state index is 0.381. The average molecular weight is 376 g/mol. The van der Waals surface area contributed by atoms with Crippen molar-refractivity contribution in [1.82, 2.24) is 4.98 Å². The van der Waals surface area contributed by atoms with E-state index >= 15 is 0 Å². The molecule has 0 atom stereocenters. The molecule has 1 aromatic heterocycles. The van der Waals surface area contributed by atoms with Crippen molar-refractivity contribution in [3.8, 4) is 0 Å². The number of nitrogens with zero attached hydrogens (tertiary/aromatic N) is 2. The van der Waals surface area contributed by atoms with Crippen LogP contribution in [0.25, 0.3) is 10.9 Å². The molecule has 0 aliphatic carbocycles. The zero-order valence-corrected chi connectivity index (χ0v) is 15.2. The molecule has 0 radical (unpaired) electrons. The minimum Gasteiger partial charge on any atom is -0.475 e. The normalized spacial score (nSPS) is 10.6. The van der Waals surface area contributed by atoms with Crippen LogP contribution in [-0.2, 0) is 20.8 Å². The first-order chi connectivity index (χ1) is 13.5. The molecule has 6 heteroatoms. The van der Waals surface area contributed by atoms with E-state index in [-0.39, 0.29) is 0 Å². The number of aromatic nitrogens is 1. The fourth-order valence-electron chi connectivity index (χ4n) is 3.02. The molecule has 142 valence electrons. The number of aliphatic carboxylic acids is 1. The van der Waals surface area contributed by atoms with Crippen molar-refractivity contribution >= 4 is 34.3 Å². The molecule has 0 unspecified atom stereocenters. The van der Waals surface area contributed by atoms with E-state index in [1.54, 1.807) is 18.3 Å². The number of aryl methyl sites for hydroxylation is 1. The van der Waals surface area contributed by atoms with E-state index < -0.39 is 24.1 Å². The second-order valence-corrected chi connectivity index (χ2v) is 6.42. The number of rotatable bonds is 8. The van der Waals surface area contributed by atoms with Gasteiger partial charge in [-0.1, -0.05) is 36.4 Å². The third-order valence-corrected chi connectivity index (χ3v) is 4.44. The number of anilines is 1. The second kappa shape index (κ2) is 8.90. The number of pyridine rings is 1. The van der Waals surface area contributed by atoms with Crippen LogP contribution in [0.1, 0.15) is 18.4 Å². The van der Waals surface area contributed by atoms with Gasteiger partial charge in [-0.3, -0.25) is 14.6 Å². The van der Waals surface area contributed by atoms with Gasteiger partial charge in [-0.2, -0.15) is 0 Å². The Kier molecular flexibility index (Phi) is 6.11. The average Bonchev–Trinajstić information content (AvgIpc) is 2.71. The van der Waals surface area contributed by atoms with Crippen molar-refractivity contribution in [3.05, 3.63) is 72.4 Å². The predicted molar refractivity (Wildman–Crippen MR) is 106 cm³/mol. The van der Waals surface area contributed by atoms with Crippen LogP contribution in [0.2, 0.25) is 0 Å². The van der Waals surface area contributed by atoms with Crippen LogP contribution in [0.3, 0.4) is 0 Å². The summed E-state index contributed by atoms with van der Waals surface area (Å²) in [4.78, 5) is 40.8. The number of carboxylic acids is 1. The summed E-state index contributed by atoms with van der Waals surface area (Å²) in [6, 6.07) is 19.0. The molecule has 1 N–H and O–H groups in total. The van der Waals surface area contributed by atoms with E-state index in [9.17, 15) is 14.4 Å². The second-order valence-electron chi connectivity index (χ2n) is 6.42. The Morgan fingerprint density at radius 2 is 1.75 bits per heavy atom. The zero-order chi connectivity index (χ0) is 19.9. The molecule has 28 heavy (non-hydrogen) atoms. The summed E-state index contributed by atoms with van der Waals surface area (Å²) in [5.74, 6) is -3.23. The van der Waals surface area contributed by atoms with Gasteiger partial charge in [0.05, 0.1) is 11.9 Å². The summed E-state index contributed by atoms with van der Waals surface area (Å²) in [6.07, 6.45) is 2.48. The molecule has 0 aliphatic heterocycles. The number of carbonyl (C=O) groups excluding carboxylic acids is 2. The largest absolute Gasteiger partial charge is 0.475 e. The van der Waals surface area contributed by atoms with Gasteiger partial charge < -0.3 is 10.0 Å². The van der Waals surface area contributed by atoms with E-state index in [2.05, 4.69) is 4.98 Å². The third-order valence-electron chi connectivity index (χ3n) is 4.44. The van der Waals surface area contributed by atoms with Crippen LogP contribution < -0.4 is 4.90 Å². The lowest BCUT2D eigenvalue weighted by atomic mass is 10.1. The number of ketones is 1. The first-order valence-electron chi connectivity index (χ1n) is 9.00. The predicted octanol–water partition coefficient (Wildman–Crippen LogP) is 3.24. The standard InChI is InChI=1S/C22H20N2O4/c25-20(22(27)28)15-21(26)24(13-5-8-16-6-2-1-3-7-16)18-10-11-19-17(14-18)9-4-12-23-19/h1-4,6-7,9-12,14H,5,8,13,15H2,(H,27,28). The lowest BCUT2D eigenvalue weighted by molar-refractivity contribution is -0.150. The third kappa shape index (κ3) is 4.79. The first-order valence-corrected chi connectivity index (χ1v) is 9.00. The van der Waals surface area contributed by atoms with E-state index in [4.69, 9.17) is 5.11 Å². The molecule has 0 spiro atoms. The lowest BCUT2D eigenvalue weighted by Crippen LogP contribution is -2.35. The van der Waals surface area contributed by atoms with Crippen LogP contribution >= 0.6 is 0 Å². The monoisotopic (exact) mass is 376 g/mol. The molecule has 0 aliphatic rings. The quantitative estimate of drug-likeness (QED) is 0.482. The maximum Gasteiger partial charge on any atom is 0.372 e. The molecule has 2 aromatic carbocycles. The number of hydrogen-bond donors (Lipinski definition) is 1. The summed E-state index contributed by atoms with van der Waals surface area (Å²) >= 11 is 0. The maximum atomic E-state index is 12.7. The molecule has 0 bridgehead atoms. The van der Waals surface area contributed by atoms with Crippen molar-refractivity contribution in [2.75, 3.05) is 11.4 Å². The Labute approximate surface area is 162 Å². The number of Topliss-reactive ketones (excluding diaryl/α,β-unsaturated/α-hetero) is 1. The number of carbonyl (C=O) groups is 3. The van der Waals surface area contributed by atoms with Gasteiger partial charge in [-0.15, -0.1) is 0 Å². The molecule has 1 heterocycles. The number of amides is 1. The Balaban J connectivity index is 1.80. The molecule has 0 fully saturated rings. The van der Waals surface area contributed by atoms with E-state index in [0.29, 0.717) is 18.7 Å². The van der Waals surface area contributed by atoms with Gasteiger partial charge in [-0.05, 0) is 42.7 Å². The van der Waals surface area contributed by atoms with Gasteiger partial charge >= 0.3 is 5.97 Å². The van der Waals surface area contributed by atoms with Gasteiger partial charge in [0.15, 0.2) is 0 Å². The number of fused-ring (bicyclic) bond motifs is 1. The van der Waals surface area contributed by atoms with Gasteiger partial charge in [-0.25, -0.2) is 4.79 Å². The molecule has 0 saturated carbocycles. The molecule has 1 amide bonds. The van der Waals surface area contributed by atoms with Gasteiger partial charge in [0.25, 0.3) is 0 Å². The molecule has 3 aromatic rings. The number of carboxylic acid groups (broad SMARTS) is 1. The highest BCUT2D eigenvalue weighted by Gasteiger charge is 2.22. The van der Waals surface area contributed by atoms with E-state index in [1.165, 1.54) is 4.90 Å². The topological polar surface area (TPSA) is 87.6 Å². The molecular formula is C22H20N2O4. The van der Waals surface area contributed by atoms with Crippen molar-refractivity contribution in [2.45, 2.75) is 19.3 Å².